The summed E-state index contributed by atoms with van der Waals surface area (Å²) in [7, 11) is 0. The molecule has 0 bridgehead atoms. The molecular formula is C62H41N. The van der Waals surface area contributed by atoms with Crippen molar-refractivity contribution in [2.24, 2.45) is 0 Å². The van der Waals surface area contributed by atoms with Gasteiger partial charge in [0.25, 0.3) is 0 Å². The molecule has 294 valence electrons. The number of anilines is 3. The van der Waals surface area contributed by atoms with Crippen LogP contribution in [0, 0.1) is 0 Å². The van der Waals surface area contributed by atoms with Crippen LogP contribution in [0.2, 0.25) is 0 Å². The molecule has 1 nitrogen and oxygen atoms in total. The molecule has 12 aromatic rings. The van der Waals surface area contributed by atoms with Crippen LogP contribution in [0.5, 0.6) is 0 Å². The molecule has 0 aliphatic rings. The third-order valence-electron chi connectivity index (χ3n) is 12.8. The molecule has 0 radical (unpaired) electrons. The molecule has 0 atom stereocenters. The zero-order valence-corrected chi connectivity index (χ0v) is 34.6. The fourth-order valence-corrected chi connectivity index (χ4v) is 9.89. The van der Waals surface area contributed by atoms with E-state index < -0.39 is 0 Å². The Balaban J connectivity index is 1.11. The molecule has 12 aromatic carbocycles. The van der Waals surface area contributed by atoms with Crippen molar-refractivity contribution in [1.82, 2.24) is 0 Å². The van der Waals surface area contributed by atoms with Crippen molar-refractivity contribution >= 4 is 70.9 Å². The lowest BCUT2D eigenvalue weighted by atomic mass is 9.88. The minimum Gasteiger partial charge on any atom is -0.309 e. The number of hydrogen-bond acceptors (Lipinski definition) is 1. The average molecular weight is 800 g/mol. The van der Waals surface area contributed by atoms with E-state index in [0.29, 0.717) is 0 Å². The summed E-state index contributed by atoms with van der Waals surface area (Å²) in [6.07, 6.45) is 0. The van der Waals surface area contributed by atoms with Crippen molar-refractivity contribution in [2.75, 3.05) is 4.90 Å². The SMILES string of the molecule is c1ccc(-c2cccc(-c3c(N(c4ccc(-c5cccc6ccccc56)cc4)c4ccc(-c5cc6ccccc6c6ccccc56)cc4)c4ccccc4c4ccccc34)c2)cc1. The van der Waals surface area contributed by atoms with E-state index in [1.807, 2.05) is 0 Å². The predicted molar refractivity (Wildman–Crippen MR) is 270 cm³/mol. The molecule has 0 spiro atoms. The molecule has 0 saturated heterocycles. The van der Waals surface area contributed by atoms with Gasteiger partial charge in [0.15, 0.2) is 0 Å². The summed E-state index contributed by atoms with van der Waals surface area (Å²) in [5.41, 5.74) is 12.9. The van der Waals surface area contributed by atoms with Gasteiger partial charge in [0.05, 0.1) is 5.69 Å². The molecule has 0 amide bonds. The second-order valence-electron chi connectivity index (χ2n) is 16.4. The number of rotatable bonds is 7. The first-order valence-corrected chi connectivity index (χ1v) is 21.8. The Morgan fingerprint density at radius 3 is 1.38 bits per heavy atom. The lowest BCUT2D eigenvalue weighted by Crippen LogP contribution is -2.12. The van der Waals surface area contributed by atoms with Crippen LogP contribution in [0.1, 0.15) is 0 Å². The van der Waals surface area contributed by atoms with Gasteiger partial charge in [-0.1, -0.05) is 212 Å². The fraction of sp³-hybridized carbons (Fsp3) is 0. The van der Waals surface area contributed by atoms with Crippen LogP contribution >= 0.6 is 0 Å². The molecule has 0 saturated carbocycles. The van der Waals surface area contributed by atoms with Crippen LogP contribution in [0.25, 0.3) is 98.4 Å². The highest BCUT2D eigenvalue weighted by Gasteiger charge is 2.24. The number of fused-ring (bicyclic) bond motifs is 7. The second-order valence-corrected chi connectivity index (χ2v) is 16.4. The smallest absolute Gasteiger partial charge is 0.0624 e. The monoisotopic (exact) mass is 799 g/mol. The van der Waals surface area contributed by atoms with Gasteiger partial charge in [-0.3, -0.25) is 0 Å². The Morgan fingerprint density at radius 1 is 0.222 bits per heavy atom. The lowest BCUT2D eigenvalue weighted by Gasteiger charge is -2.31. The fourth-order valence-electron chi connectivity index (χ4n) is 9.89. The molecule has 0 unspecified atom stereocenters. The Hall–Kier alpha value is -8.26. The van der Waals surface area contributed by atoms with Crippen molar-refractivity contribution in [1.29, 1.82) is 0 Å². The highest BCUT2D eigenvalue weighted by atomic mass is 15.1. The van der Waals surface area contributed by atoms with Gasteiger partial charge in [0.2, 0.25) is 0 Å². The zero-order chi connectivity index (χ0) is 41.7. The van der Waals surface area contributed by atoms with Gasteiger partial charge in [-0.15, -0.1) is 0 Å². The normalized spacial score (nSPS) is 11.5. The summed E-state index contributed by atoms with van der Waals surface area (Å²) in [4.78, 5) is 2.49. The Bertz CT molecular complexity index is 3650. The molecule has 0 heterocycles. The first kappa shape index (κ1) is 36.6. The summed E-state index contributed by atoms with van der Waals surface area (Å²) in [6, 6.07) is 91.2. The van der Waals surface area contributed by atoms with E-state index in [1.54, 1.807) is 0 Å². The van der Waals surface area contributed by atoms with E-state index in [-0.39, 0.29) is 0 Å². The molecule has 0 N–H and O–H groups in total. The topological polar surface area (TPSA) is 3.24 Å². The van der Waals surface area contributed by atoms with E-state index in [4.69, 9.17) is 0 Å². The minimum atomic E-state index is 1.09. The van der Waals surface area contributed by atoms with E-state index in [2.05, 4.69) is 254 Å². The van der Waals surface area contributed by atoms with Gasteiger partial charge >= 0.3 is 0 Å². The molecule has 1 heteroatoms. The minimum absolute atomic E-state index is 1.09. The molecule has 0 aliphatic carbocycles. The molecule has 0 aliphatic heterocycles. The third-order valence-corrected chi connectivity index (χ3v) is 12.8. The average Bonchev–Trinajstić information content (AvgIpc) is 3.37. The predicted octanol–water partition coefficient (Wildman–Crippen LogP) is 17.6. The Labute approximate surface area is 367 Å². The van der Waals surface area contributed by atoms with Gasteiger partial charge in [0.1, 0.15) is 0 Å². The summed E-state index contributed by atoms with van der Waals surface area (Å²) in [5.74, 6) is 0. The van der Waals surface area contributed by atoms with E-state index >= 15 is 0 Å². The van der Waals surface area contributed by atoms with Crippen molar-refractivity contribution < 1.29 is 0 Å². The maximum atomic E-state index is 2.49. The summed E-state index contributed by atoms with van der Waals surface area (Å²) >= 11 is 0. The van der Waals surface area contributed by atoms with Crippen molar-refractivity contribution in [3.8, 4) is 44.5 Å². The van der Waals surface area contributed by atoms with E-state index in [9.17, 15) is 0 Å². The maximum Gasteiger partial charge on any atom is 0.0624 e. The van der Waals surface area contributed by atoms with E-state index in [1.165, 1.54) is 98.4 Å². The van der Waals surface area contributed by atoms with Crippen LogP contribution < -0.4 is 4.90 Å². The van der Waals surface area contributed by atoms with Crippen LogP contribution in [0.15, 0.2) is 249 Å². The molecule has 0 aromatic heterocycles. The highest BCUT2D eigenvalue weighted by molar-refractivity contribution is 6.23. The lowest BCUT2D eigenvalue weighted by molar-refractivity contribution is 1.30. The Morgan fingerprint density at radius 2 is 0.683 bits per heavy atom. The number of benzene rings is 12. The largest absolute Gasteiger partial charge is 0.309 e. The quantitative estimate of drug-likeness (QED) is 0.145. The molecule has 63 heavy (non-hydrogen) atoms. The maximum absolute atomic E-state index is 2.49. The van der Waals surface area contributed by atoms with Gasteiger partial charge in [-0.25, -0.2) is 0 Å². The van der Waals surface area contributed by atoms with Gasteiger partial charge in [-0.2, -0.15) is 0 Å². The molecule has 0 fully saturated rings. The zero-order valence-electron chi connectivity index (χ0n) is 34.6. The molecule has 12 rings (SSSR count). The number of hydrogen-bond donors (Lipinski definition) is 0. The van der Waals surface area contributed by atoms with Crippen LogP contribution in [-0.2, 0) is 0 Å². The van der Waals surface area contributed by atoms with Gasteiger partial charge in [0, 0.05) is 22.3 Å². The van der Waals surface area contributed by atoms with Crippen molar-refractivity contribution in [2.45, 2.75) is 0 Å². The summed E-state index contributed by atoms with van der Waals surface area (Å²) in [6.45, 7) is 0. The van der Waals surface area contributed by atoms with Crippen LogP contribution in [0.4, 0.5) is 17.1 Å². The van der Waals surface area contributed by atoms with Gasteiger partial charge < -0.3 is 4.90 Å². The standard InChI is InChI=1S/C62H41N/c1-2-16-42(17-3-1)46-21-14-22-48(40-46)61-58-29-12-10-26-55(58)56-27-11-13-30-59(56)62(61)63(49-36-32-44(33-37-49)52-31-15-20-43-18-4-6-23-51(43)52)50-38-34-45(35-39-50)60-41-47-19-5-7-24-53(47)54-25-8-9-28-57(54)60/h1-41H. The summed E-state index contributed by atoms with van der Waals surface area (Å²) < 4.78 is 0. The second kappa shape index (κ2) is 15.3. The van der Waals surface area contributed by atoms with Crippen molar-refractivity contribution in [3.05, 3.63) is 249 Å². The first-order chi connectivity index (χ1) is 31.3. The summed E-state index contributed by atoms with van der Waals surface area (Å²) in [5, 5.41) is 12.4. The Kier molecular flexibility index (Phi) is 8.90. The third kappa shape index (κ3) is 6.33. The van der Waals surface area contributed by atoms with Gasteiger partial charge in [-0.05, 0) is 124 Å². The van der Waals surface area contributed by atoms with Crippen LogP contribution in [-0.4, -0.2) is 0 Å². The van der Waals surface area contributed by atoms with Crippen molar-refractivity contribution in [3.63, 3.8) is 0 Å². The highest BCUT2D eigenvalue weighted by Crippen LogP contribution is 2.50. The van der Waals surface area contributed by atoms with Crippen LogP contribution in [0.3, 0.4) is 0 Å². The first-order valence-electron chi connectivity index (χ1n) is 21.8. The number of nitrogens with zero attached hydrogens (tertiary/aromatic N) is 1. The molecular weight excluding hydrogens is 759 g/mol. The van der Waals surface area contributed by atoms with E-state index in [0.717, 1.165) is 17.1 Å².